The monoisotopic (exact) mass is 344 g/mol. The molecule has 7 heteroatoms. The molecule has 3 N–H and O–H groups in total. The Kier molecular flexibility index (Phi) is 3.77. The fourth-order valence-electron chi connectivity index (χ4n) is 1.46. The number of nitrogens with one attached hydrogen (secondary N) is 1. The van der Waals surface area contributed by atoms with E-state index in [-0.39, 0.29) is 16.3 Å². The molecule has 0 radical (unpaired) electrons. The number of hydrogen-bond acceptors (Lipinski definition) is 3. The third kappa shape index (κ3) is 3.24. The van der Waals surface area contributed by atoms with E-state index in [1.807, 2.05) is 0 Å². The van der Waals surface area contributed by atoms with Crippen molar-refractivity contribution >= 4 is 37.3 Å². The van der Waals surface area contributed by atoms with Gasteiger partial charge in [-0.05, 0) is 36.4 Å². The normalized spacial score (nSPS) is 11.3. The van der Waals surface area contributed by atoms with Crippen molar-refractivity contribution in [1.29, 1.82) is 0 Å². The highest BCUT2D eigenvalue weighted by atomic mass is 79.9. The van der Waals surface area contributed by atoms with Crippen LogP contribution in [0.5, 0.6) is 0 Å². The molecule has 2 rings (SSSR count). The largest absolute Gasteiger partial charge is 0.397 e. The minimum absolute atomic E-state index is 0.0265. The number of halogens is 2. The molecule has 0 saturated carbocycles. The highest BCUT2D eigenvalue weighted by molar-refractivity contribution is 9.10. The second kappa shape index (κ2) is 5.18. The summed E-state index contributed by atoms with van der Waals surface area (Å²) < 4.78 is 40.1. The predicted octanol–water partition coefficient (Wildman–Crippen LogP) is 2.97. The zero-order valence-corrected chi connectivity index (χ0v) is 12.0. The van der Waals surface area contributed by atoms with Crippen molar-refractivity contribution in [3.63, 3.8) is 0 Å². The Morgan fingerprint density at radius 2 is 1.89 bits per heavy atom. The van der Waals surface area contributed by atoms with Crippen molar-refractivity contribution in [2.75, 3.05) is 10.5 Å². The maximum Gasteiger partial charge on any atom is 0.261 e. The van der Waals surface area contributed by atoms with Crippen LogP contribution in [0.3, 0.4) is 0 Å². The van der Waals surface area contributed by atoms with Gasteiger partial charge >= 0.3 is 0 Å². The zero-order chi connectivity index (χ0) is 14.0. The van der Waals surface area contributed by atoms with Gasteiger partial charge in [0.25, 0.3) is 10.0 Å². The van der Waals surface area contributed by atoms with Crippen molar-refractivity contribution in [3.05, 3.63) is 52.8 Å². The molecule has 2 aromatic carbocycles. The van der Waals surface area contributed by atoms with Gasteiger partial charge in [-0.15, -0.1) is 0 Å². The predicted molar refractivity (Wildman–Crippen MR) is 75.8 cm³/mol. The van der Waals surface area contributed by atoms with Crippen LogP contribution in [0.2, 0.25) is 0 Å². The quantitative estimate of drug-likeness (QED) is 0.840. The number of nitrogens with two attached hydrogens (primary N) is 1. The molecule has 2 aromatic rings. The molecule has 19 heavy (non-hydrogen) atoms. The van der Waals surface area contributed by atoms with Crippen LogP contribution in [0.25, 0.3) is 0 Å². The first-order valence-corrected chi connectivity index (χ1v) is 7.49. The first kappa shape index (κ1) is 13.8. The van der Waals surface area contributed by atoms with E-state index >= 15 is 0 Å². The SMILES string of the molecule is Nc1cc(F)ccc1NS(=O)(=O)c1cccc(Br)c1. The van der Waals surface area contributed by atoms with Gasteiger partial charge in [0.1, 0.15) is 5.82 Å². The fourth-order valence-corrected chi connectivity index (χ4v) is 3.15. The van der Waals surface area contributed by atoms with E-state index < -0.39 is 15.8 Å². The zero-order valence-electron chi connectivity index (χ0n) is 9.60. The smallest absolute Gasteiger partial charge is 0.261 e. The number of rotatable bonds is 3. The topological polar surface area (TPSA) is 72.2 Å². The number of hydrogen-bond donors (Lipinski definition) is 2. The second-order valence-electron chi connectivity index (χ2n) is 3.79. The fraction of sp³-hybridized carbons (Fsp3) is 0. The Labute approximate surface area is 118 Å². The summed E-state index contributed by atoms with van der Waals surface area (Å²) in [6.45, 7) is 0. The lowest BCUT2D eigenvalue weighted by Gasteiger charge is -2.10. The first-order valence-electron chi connectivity index (χ1n) is 5.22. The molecular weight excluding hydrogens is 335 g/mol. The van der Waals surface area contributed by atoms with Crippen molar-refractivity contribution in [2.24, 2.45) is 0 Å². The van der Waals surface area contributed by atoms with Crippen LogP contribution in [-0.2, 0) is 10.0 Å². The molecule has 0 fully saturated rings. The van der Waals surface area contributed by atoms with Crippen LogP contribution in [-0.4, -0.2) is 8.42 Å². The number of benzene rings is 2. The van der Waals surface area contributed by atoms with Crippen LogP contribution >= 0.6 is 15.9 Å². The molecule has 100 valence electrons. The third-order valence-electron chi connectivity index (χ3n) is 2.36. The molecular formula is C12H10BrFN2O2S. The first-order chi connectivity index (χ1) is 8.88. The van der Waals surface area contributed by atoms with Gasteiger partial charge in [-0.3, -0.25) is 4.72 Å². The molecule has 0 bridgehead atoms. The summed E-state index contributed by atoms with van der Waals surface area (Å²) in [5.41, 5.74) is 5.73. The van der Waals surface area contributed by atoms with Crippen molar-refractivity contribution in [2.45, 2.75) is 4.90 Å². The van der Waals surface area contributed by atoms with Gasteiger partial charge in [-0.25, -0.2) is 12.8 Å². The lowest BCUT2D eigenvalue weighted by molar-refractivity contribution is 0.601. The Bertz CT molecular complexity index is 719. The minimum atomic E-state index is -3.75. The maximum atomic E-state index is 12.9. The Hall–Kier alpha value is -1.60. The lowest BCUT2D eigenvalue weighted by atomic mass is 10.3. The summed E-state index contributed by atoms with van der Waals surface area (Å²) in [6.07, 6.45) is 0. The average Bonchev–Trinajstić information content (AvgIpc) is 2.33. The number of nitrogen functional groups attached to an aromatic ring is 1. The summed E-state index contributed by atoms with van der Waals surface area (Å²) >= 11 is 3.20. The van der Waals surface area contributed by atoms with Crippen molar-refractivity contribution < 1.29 is 12.8 Å². The van der Waals surface area contributed by atoms with Crippen LogP contribution in [0, 0.1) is 5.82 Å². The summed E-state index contributed by atoms with van der Waals surface area (Å²) in [7, 11) is -3.75. The second-order valence-corrected chi connectivity index (χ2v) is 6.39. The van der Waals surface area contributed by atoms with Gasteiger partial charge in [-0.1, -0.05) is 22.0 Å². The molecule has 0 heterocycles. The van der Waals surface area contributed by atoms with Gasteiger partial charge in [0.05, 0.1) is 16.3 Å². The summed E-state index contributed by atoms with van der Waals surface area (Å²) in [4.78, 5) is 0.0885. The van der Waals surface area contributed by atoms with E-state index in [4.69, 9.17) is 5.73 Å². The molecule has 0 aromatic heterocycles. The van der Waals surface area contributed by atoms with Crippen molar-refractivity contribution in [3.8, 4) is 0 Å². The van der Waals surface area contributed by atoms with Crippen LogP contribution in [0.15, 0.2) is 51.8 Å². The highest BCUT2D eigenvalue weighted by Crippen LogP contribution is 2.24. The van der Waals surface area contributed by atoms with E-state index in [0.717, 1.165) is 12.1 Å². The summed E-state index contributed by atoms with van der Waals surface area (Å²) in [5, 5.41) is 0. The van der Waals surface area contributed by atoms with Crippen molar-refractivity contribution in [1.82, 2.24) is 0 Å². The van der Waals surface area contributed by atoms with E-state index in [2.05, 4.69) is 20.7 Å². The van der Waals surface area contributed by atoms with Gasteiger partial charge < -0.3 is 5.73 Å². The molecule has 0 spiro atoms. The Balaban J connectivity index is 2.36. The molecule has 0 aliphatic heterocycles. The number of sulfonamides is 1. The van der Waals surface area contributed by atoms with Crippen LogP contribution in [0.1, 0.15) is 0 Å². The summed E-state index contributed by atoms with van der Waals surface area (Å²) in [5.74, 6) is -0.525. The third-order valence-corrected chi connectivity index (χ3v) is 4.22. The molecule has 0 saturated heterocycles. The lowest BCUT2D eigenvalue weighted by Crippen LogP contribution is -2.14. The molecule has 0 atom stereocenters. The standard InChI is InChI=1S/C12H10BrFN2O2S/c13-8-2-1-3-10(6-8)19(17,18)16-12-5-4-9(14)7-11(12)15/h1-7,16H,15H2. The van der Waals surface area contributed by atoms with E-state index in [0.29, 0.717) is 4.47 Å². The highest BCUT2D eigenvalue weighted by Gasteiger charge is 2.15. The van der Waals surface area contributed by atoms with E-state index in [1.54, 1.807) is 12.1 Å². The maximum absolute atomic E-state index is 12.9. The molecule has 0 unspecified atom stereocenters. The van der Waals surface area contributed by atoms with Gasteiger partial charge in [0, 0.05) is 4.47 Å². The number of anilines is 2. The molecule has 4 nitrogen and oxygen atoms in total. The van der Waals surface area contributed by atoms with E-state index in [9.17, 15) is 12.8 Å². The van der Waals surface area contributed by atoms with Crippen LogP contribution < -0.4 is 10.5 Å². The molecule has 0 aliphatic rings. The minimum Gasteiger partial charge on any atom is -0.397 e. The summed E-state index contributed by atoms with van der Waals surface area (Å²) in [6, 6.07) is 9.70. The van der Waals surface area contributed by atoms with E-state index in [1.165, 1.54) is 18.2 Å². The van der Waals surface area contributed by atoms with Gasteiger partial charge in [0.15, 0.2) is 0 Å². The average molecular weight is 345 g/mol. The van der Waals surface area contributed by atoms with Gasteiger partial charge in [0.2, 0.25) is 0 Å². The molecule has 0 amide bonds. The Morgan fingerprint density at radius 1 is 1.16 bits per heavy atom. The molecule has 0 aliphatic carbocycles. The van der Waals surface area contributed by atoms with Gasteiger partial charge in [-0.2, -0.15) is 0 Å². The van der Waals surface area contributed by atoms with Crippen LogP contribution in [0.4, 0.5) is 15.8 Å². The Morgan fingerprint density at radius 3 is 2.53 bits per heavy atom.